The molecule has 5 rings (SSSR count). The molecule has 1 saturated heterocycles. The highest BCUT2D eigenvalue weighted by Crippen LogP contribution is 2.30. The van der Waals surface area contributed by atoms with Crippen LogP contribution < -0.4 is 0 Å². The Balaban J connectivity index is 1.39. The number of nitrogens with zero attached hydrogens (tertiary/aromatic N) is 6. The van der Waals surface area contributed by atoms with E-state index in [0.29, 0.717) is 6.54 Å². The predicted molar refractivity (Wildman–Crippen MR) is 114 cm³/mol. The van der Waals surface area contributed by atoms with E-state index in [1.54, 1.807) is 10.9 Å². The molecule has 0 unspecified atom stereocenters. The molecule has 31 heavy (non-hydrogen) atoms. The SMILES string of the molecule is Fc1ccc([C@@H](c2nnnn2Cc2ccco2)N2CCN(C3CCCCC3)CC2)cc1. The number of furan rings is 1. The fourth-order valence-electron chi connectivity index (χ4n) is 5.05. The summed E-state index contributed by atoms with van der Waals surface area (Å²) in [6.07, 6.45) is 8.38. The van der Waals surface area contributed by atoms with Gasteiger partial charge < -0.3 is 4.42 Å². The molecule has 3 heterocycles. The van der Waals surface area contributed by atoms with Crippen LogP contribution in [0.3, 0.4) is 0 Å². The van der Waals surface area contributed by atoms with Crippen molar-refractivity contribution in [3.8, 4) is 0 Å². The lowest BCUT2D eigenvalue weighted by Gasteiger charge is -2.43. The van der Waals surface area contributed by atoms with Gasteiger partial charge in [-0.3, -0.25) is 9.80 Å². The van der Waals surface area contributed by atoms with Gasteiger partial charge in [0.1, 0.15) is 18.1 Å². The Bertz CT molecular complexity index is 943. The highest BCUT2D eigenvalue weighted by atomic mass is 19.1. The van der Waals surface area contributed by atoms with Gasteiger partial charge >= 0.3 is 0 Å². The number of rotatable bonds is 6. The number of aromatic nitrogens is 4. The number of benzene rings is 1. The number of hydrogen-bond donors (Lipinski definition) is 0. The van der Waals surface area contributed by atoms with Crippen molar-refractivity contribution in [1.82, 2.24) is 30.0 Å². The molecule has 1 saturated carbocycles. The van der Waals surface area contributed by atoms with Gasteiger partial charge in [0.15, 0.2) is 5.82 Å². The third-order valence-corrected chi connectivity index (χ3v) is 6.68. The highest BCUT2D eigenvalue weighted by molar-refractivity contribution is 5.26. The summed E-state index contributed by atoms with van der Waals surface area (Å²) < 4.78 is 20.9. The molecule has 0 N–H and O–H groups in total. The van der Waals surface area contributed by atoms with E-state index < -0.39 is 0 Å². The molecule has 3 aromatic rings. The molecule has 2 aromatic heterocycles. The first kappa shape index (κ1) is 20.3. The van der Waals surface area contributed by atoms with Gasteiger partial charge in [-0.25, -0.2) is 9.07 Å². The van der Waals surface area contributed by atoms with E-state index >= 15 is 0 Å². The molecule has 1 aliphatic carbocycles. The lowest BCUT2D eigenvalue weighted by Crippen LogP contribution is -2.52. The van der Waals surface area contributed by atoms with E-state index in [4.69, 9.17) is 4.42 Å². The van der Waals surface area contributed by atoms with Crippen LogP contribution in [0.15, 0.2) is 47.1 Å². The first-order valence-electron chi connectivity index (χ1n) is 11.3. The maximum absolute atomic E-state index is 13.6. The van der Waals surface area contributed by atoms with E-state index in [2.05, 4.69) is 25.3 Å². The van der Waals surface area contributed by atoms with Crippen molar-refractivity contribution in [2.24, 2.45) is 0 Å². The van der Waals surface area contributed by atoms with Gasteiger partial charge in [0.25, 0.3) is 0 Å². The fourth-order valence-corrected chi connectivity index (χ4v) is 5.05. The average Bonchev–Trinajstić information content (AvgIpc) is 3.49. The zero-order chi connectivity index (χ0) is 21.0. The Morgan fingerprint density at radius 2 is 1.77 bits per heavy atom. The van der Waals surface area contributed by atoms with Crippen LogP contribution in [0.2, 0.25) is 0 Å². The molecule has 2 fully saturated rings. The zero-order valence-electron chi connectivity index (χ0n) is 17.7. The largest absolute Gasteiger partial charge is 0.467 e. The number of hydrogen-bond acceptors (Lipinski definition) is 6. The number of halogens is 1. The van der Waals surface area contributed by atoms with Crippen LogP contribution in [-0.2, 0) is 6.54 Å². The van der Waals surface area contributed by atoms with Gasteiger partial charge in [0.2, 0.25) is 0 Å². The van der Waals surface area contributed by atoms with Crippen molar-refractivity contribution in [2.75, 3.05) is 26.2 Å². The highest BCUT2D eigenvalue weighted by Gasteiger charge is 2.32. The Morgan fingerprint density at radius 3 is 2.48 bits per heavy atom. The first-order valence-corrected chi connectivity index (χ1v) is 11.3. The molecule has 164 valence electrons. The predicted octanol–water partition coefficient (Wildman–Crippen LogP) is 3.49. The van der Waals surface area contributed by atoms with Crippen LogP contribution in [0.5, 0.6) is 0 Å². The summed E-state index contributed by atoms with van der Waals surface area (Å²) in [6.45, 7) is 4.43. The molecular weight excluding hydrogens is 395 g/mol. The monoisotopic (exact) mass is 424 g/mol. The fraction of sp³-hybridized carbons (Fsp3) is 0.522. The summed E-state index contributed by atoms with van der Waals surface area (Å²) >= 11 is 0. The van der Waals surface area contributed by atoms with Gasteiger partial charge in [-0.2, -0.15) is 0 Å². The van der Waals surface area contributed by atoms with E-state index in [0.717, 1.165) is 49.4 Å². The summed E-state index contributed by atoms with van der Waals surface area (Å²) in [5.41, 5.74) is 1.00. The zero-order valence-corrected chi connectivity index (χ0v) is 17.7. The molecule has 0 bridgehead atoms. The van der Waals surface area contributed by atoms with Crippen LogP contribution >= 0.6 is 0 Å². The number of piperazine rings is 1. The Labute approximate surface area is 181 Å². The molecule has 1 aromatic carbocycles. The summed E-state index contributed by atoms with van der Waals surface area (Å²) in [5.74, 6) is 1.32. The minimum Gasteiger partial charge on any atom is -0.467 e. The van der Waals surface area contributed by atoms with Crippen molar-refractivity contribution in [3.05, 3.63) is 65.6 Å². The van der Waals surface area contributed by atoms with E-state index in [-0.39, 0.29) is 11.9 Å². The third kappa shape index (κ3) is 4.55. The van der Waals surface area contributed by atoms with Crippen LogP contribution in [-0.4, -0.2) is 62.2 Å². The van der Waals surface area contributed by atoms with Gasteiger partial charge in [0, 0.05) is 32.2 Å². The standard InChI is InChI=1S/C23H29FN6O/c24-19-10-8-18(9-11-19)22(23-25-26-27-30(23)17-21-7-4-16-31-21)29-14-12-28(13-15-29)20-5-2-1-3-6-20/h4,7-11,16,20,22H,1-3,5-6,12-15,17H2/t22-/m0/s1. The Morgan fingerprint density at radius 1 is 1.00 bits per heavy atom. The van der Waals surface area contributed by atoms with Gasteiger partial charge in [-0.05, 0) is 53.1 Å². The van der Waals surface area contributed by atoms with Gasteiger partial charge in [0.05, 0.1) is 12.3 Å². The molecule has 0 amide bonds. The number of tetrazole rings is 1. The maximum Gasteiger partial charge on any atom is 0.173 e. The lowest BCUT2D eigenvalue weighted by atomic mass is 9.93. The minimum absolute atomic E-state index is 0.126. The van der Waals surface area contributed by atoms with Gasteiger partial charge in [-0.15, -0.1) is 5.10 Å². The van der Waals surface area contributed by atoms with Crippen LogP contribution in [0.25, 0.3) is 0 Å². The van der Waals surface area contributed by atoms with Crippen LogP contribution in [0.4, 0.5) is 4.39 Å². The summed E-state index contributed by atoms with van der Waals surface area (Å²) in [6, 6.07) is 11.1. The molecule has 2 aliphatic rings. The maximum atomic E-state index is 13.6. The molecule has 0 spiro atoms. The molecule has 8 heteroatoms. The van der Waals surface area contributed by atoms with Crippen molar-refractivity contribution >= 4 is 0 Å². The van der Waals surface area contributed by atoms with E-state index in [1.165, 1.54) is 44.2 Å². The summed E-state index contributed by atoms with van der Waals surface area (Å²) in [5, 5.41) is 12.6. The Hall–Kier alpha value is -2.58. The Kier molecular flexibility index (Phi) is 6.08. The smallest absolute Gasteiger partial charge is 0.173 e. The van der Waals surface area contributed by atoms with E-state index in [1.807, 2.05) is 24.3 Å². The van der Waals surface area contributed by atoms with Crippen LogP contribution in [0, 0.1) is 5.82 Å². The molecular formula is C23H29FN6O. The second kappa shape index (κ2) is 9.28. The molecule has 1 atom stereocenters. The van der Waals surface area contributed by atoms with Crippen LogP contribution in [0.1, 0.15) is 55.3 Å². The van der Waals surface area contributed by atoms with Crippen molar-refractivity contribution in [3.63, 3.8) is 0 Å². The summed E-state index contributed by atoms with van der Waals surface area (Å²) in [7, 11) is 0. The molecule has 0 radical (unpaired) electrons. The van der Waals surface area contributed by atoms with Gasteiger partial charge in [-0.1, -0.05) is 31.4 Å². The minimum atomic E-state index is -0.236. The third-order valence-electron chi connectivity index (χ3n) is 6.68. The molecule has 1 aliphatic heterocycles. The second-order valence-corrected chi connectivity index (χ2v) is 8.59. The van der Waals surface area contributed by atoms with E-state index in [9.17, 15) is 4.39 Å². The van der Waals surface area contributed by atoms with Crippen molar-refractivity contribution in [2.45, 2.75) is 50.7 Å². The topological polar surface area (TPSA) is 63.2 Å². The van der Waals surface area contributed by atoms with Crippen molar-refractivity contribution in [1.29, 1.82) is 0 Å². The van der Waals surface area contributed by atoms with Crippen molar-refractivity contribution < 1.29 is 8.81 Å². The quantitative estimate of drug-likeness (QED) is 0.604. The summed E-state index contributed by atoms with van der Waals surface area (Å²) in [4.78, 5) is 5.08. The molecule has 7 nitrogen and oxygen atoms in total. The first-order chi connectivity index (χ1) is 15.3. The average molecular weight is 425 g/mol. The lowest BCUT2D eigenvalue weighted by molar-refractivity contribution is 0.0620. The second-order valence-electron chi connectivity index (χ2n) is 8.59. The normalized spacial score (nSPS) is 20.2.